The van der Waals surface area contributed by atoms with Gasteiger partial charge in [0.05, 0.1) is 11.1 Å². The number of sulfonamides is 1. The van der Waals surface area contributed by atoms with E-state index in [2.05, 4.69) is 9.71 Å². The Morgan fingerprint density at radius 1 is 1.19 bits per heavy atom. The topological polar surface area (TPSA) is 122 Å². The lowest BCUT2D eigenvalue weighted by atomic mass is 9.67. The molecule has 0 spiro atoms. The van der Waals surface area contributed by atoms with E-state index in [1.54, 1.807) is 18.2 Å². The molecule has 0 aromatic heterocycles. The average molecular weight is 462 g/mol. The smallest absolute Gasteiger partial charge is 0.286 e. The van der Waals surface area contributed by atoms with Crippen LogP contribution in [0.1, 0.15) is 44.2 Å². The van der Waals surface area contributed by atoms with E-state index in [0.29, 0.717) is 12.0 Å². The zero-order valence-electron chi connectivity index (χ0n) is 17.2. The molecule has 164 valence electrons. The number of nitrogens with one attached hydrogen (secondary N) is 1. The van der Waals surface area contributed by atoms with Crippen molar-refractivity contribution in [3.05, 3.63) is 59.2 Å². The third kappa shape index (κ3) is 3.59. The number of aliphatic hydroxyl groups excluding tert-OH is 1. The van der Waals surface area contributed by atoms with Gasteiger partial charge >= 0.3 is 0 Å². The van der Waals surface area contributed by atoms with E-state index >= 15 is 0 Å². The summed E-state index contributed by atoms with van der Waals surface area (Å²) in [5.74, 6) is -0.801. The van der Waals surface area contributed by atoms with Gasteiger partial charge in [-0.1, -0.05) is 44.0 Å². The molecule has 7 nitrogen and oxygen atoms in total. The number of nitrogens with zero attached hydrogens (tertiary/aromatic N) is 1. The average Bonchev–Trinajstić information content (AvgIpc) is 2.71. The number of amidine groups is 1. The van der Waals surface area contributed by atoms with Crippen molar-refractivity contribution in [3.8, 4) is 0 Å². The number of halogens is 1. The van der Waals surface area contributed by atoms with E-state index in [9.17, 15) is 18.3 Å². The maximum atomic E-state index is 13.6. The minimum atomic E-state index is -4.09. The first kappa shape index (κ1) is 22.8. The van der Waals surface area contributed by atoms with Crippen LogP contribution in [-0.4, -0.2) is 25.1 Å². The summed E-state index contributed by atoms with van der Waals surface area (Å²) in [6, 6.07) is 11.6. The third-order valence-electron chi connectivity index (χ3n) is 5.76. The fourth-order valence-electron chi connectivity index (χ4n) is 4.09. The van der Waals surface area contributed by atoms with E-state index in [1.807, 2.05) is 26.0 Å². The zero-order valence-corrected chi connectivity index (χ0v) is 18.8. The molecule has 4 rings (SSSR count). The molecule has 0 radical (unpaired) electrons. The number of benzene rings is 2. The van der Waals surface area contributed by atoms with Gasteiger partial charge in [0.1, 0.15) is 16.2 Å². The molecule has 1 heterocycles. The summed E-state index contributed by atoms with van der Waals surface area (Å²) in [6.45, 7) is 3.88. The largest absolute Gasteiger partial charge is 0.506 e. The molecule has 9 heteroatoms. The van der Waals surface area contributed by atoms with Crippen LogP contribution in [0, 0.1) is 0 Å². The maximum absolute atomic E-state index is 13.6. The summed E-state index contributed by atoms with van der Waals surface area (Å²) < 4.78 is 29.4. The van der Waals surface area contributed by atoms with Gasteiger partial charge in [0.25, 0.3) is 10.0 Å². The number of fused-ring (bicyclic) bond motifs is 2. The zero-order chi connectivity index (χ0) is 21.7. The quantitative estimate of drug-likeness (QED) is 0.586. The Labute approximate surface area is 187 Å². The van der Waals surface area contributed by atoms with Crippen LogP contribution in [-0.2, 0) is 20.2 Å². The molecule has 0 saturated heterocycles. The number of ketones is 1. The van der Waals surface area contributed by atoms with Crippen molar-refractivity contribution in [3.63, 3.8) is 0 Å². The Hall–Kier alpha value is -2.84. The molecule has 0 fully saturated rings. The fourth-order valence-corrected chi connectivity index (χ4v) is 5.25. The number of nitrogen functional groups attached to an aromatic ring is 1. The van der Waals surface area contributed by atoms with Crippen LogP contribution in [0.5, 0.6) is 0 Å². The minimum Gasteiger partial charge on any atom is -0.506 e. The second-order valence-corrected chi connectivity index (χ2v) is 9.40. The summed E-state index contributed by atoms with van der Waals surface area (Å²) in [7, 11) is -4.09. The highest BCUT2D eigenvalue weighted by atomic mass is 35.5. The lowest BCUT2D eigenvalue weighted by Crippen LogP contribution is -2.42. The monoisotopic (exact) mass is 461 g/mol. The SMILES string of the molecule is CCCCC1(C)C(=O)C(C2=NS(=O)(=O)c3cc(N)ccc3N2)=C(O)c2ccccc21.Cl. The van der Waals surface area contributed by atoms with Gasteiger partial charge in [-0.3, -0.25) is 4.79 Å². The highest BCUT2D eigenvalue weighted by Gasteiger charge is 2.46. The Balaban J connectivity index is 0.00000272. The number of carbonyl (C=O) groups is 1. The Morgan fingerprint density at radius 3 is 2.61 bits per heavy atom. The molecule has 2 aliphatic rings. The lowest BCUT2D eigenvalue weighted by Gasteiger charge is -2.36. The number of Topliss-reactive ketones (excluding diaryl/α,β-unsaturated/α-hetero) is 1. The number of aliphatic hydroxyl groups is 1. The molecule has 0 amide bonds. The minimum absolute atomic E-state index is 0. The van der Waals surface area contributed by atoms with Gasteiger partial charge in [-0.15, -0.1) is 16.8 Å². The van der Waals surface area contributed by atoms with E-state index < -0.39 is 15.4 Å². The number of hydrogen-bond acceptors (Lipinski definition) is 6. The summed E-state index contributed by atoms with van der Waals surface area (Å²) >= 11 is 0. The second kappa shape index (κ2) is 8.01. The van der Waals surface area contributed by atoms with Crippen LogP contribution in [0.4, 0.5) is 11.4 Å². The molecule has 2 aromatic carbocycles. The van der Waals surface area contributed by atoms with Gasteiger partial charge in [0, 0.05) is 11.3 Å². The maximum Gasteiger partial charge on any atom is 0.286 e. The first-order valence-corrected chi connectivity index (χ1v) is 11.2. The number of rotatable bonds is 4. The predicted molar refractivity (Wildman–Crippen MR) is 124 cm³/mol. The lowest BCUT2D eigenvalue weighted by molar-refractivity contribution is -0.120. The number of unbranched alkanes of at least 4 members (excludes halogenated alkanes) is 1. The van der Waals surface area contributed by atoms with Crippen molar-refractivity contribution >= 4 is 51.2 Å². The third-order valence-corrected chi connectivity index (χ3v) is 7.07. The number of nitrogens with two attached hydrogens (primary N) is 1. The van der Waals surface area contributed by atoms with Crippen LogP contribution in [0.15, 0.2) is 57.3 Å². The number of hydrogen-bond donors (Lipinski definition) is 3. The molecule has 1 aliphatic heterocycles. The molecule has 2 aromatic rings. The Morgan fingerprint density at radius 2 is 1.90 bits per heavy atom. The molecule has 31 heavy (non-hydrogen) atoms. The van der Waals surface area contributed by atoms with E-state index in [1.165, 1.54) is 12.1 Å². The van der Waals surface area contributed by atoms with Crippen molar-refractivity contribution in [2.45, 2.75) is 43.4 Å². The Bertz CT molecular complexity index is 1240. The first-order chi connectivity index (χ1) is 14.2. The molecular formula is C22H24ClN3O4S. The molecule has 4 N–H and O–H groups in total. The Kier molecular flexibility index (Phi) is 5.90. The van der Waals surface area contributed by atoms with E-state index in [4.69, 9.17) is 5.73 Å². The molecular weight excluding hydrogens is 438 g/mol. The highest BCUT2D eigenvalue weighted by molar-refractivity contribution is 7.90. The van der Waals surface area contributed by atoms with E-state index in [0.717, 1.165) is 18.4 Å². The van der Waals surface area contributed by atoms with Crippen LogP contribution < -0.4 is 11.1 Å². The van der Waals surface area contributed by atoms with Crippen LogP contribution in [0.3, 0.4) is 0 Å². The van der Waals surface area contributed by atoms with Gasteiger partial charge < -0.3 is 16.2 Å². The summed E-state index contributed by atoms with van der Waals surface area (Å²) in [6.07, 6.45) is 2.28. The van der Waals surface area contributed by atoms with Crippen molar-refractivity contribution in [2.24, 2.45) is 4.40 Å². The van der Waals surface area contributed by atoms with Crippen molar-refractivity contribution in [1.82, 2.24) is 0 Å². The molecule has 1 unspecified atom stereocenters. The van der Waals surface area contributed by atoms with Gasteiger partial charge in [0.15, 0.2) is 11.6 Å². The number of carbonyl (C=O) groups excluding carboxylic acids is 1. The van der Waals surface area contributed by atoms with Gasteiger partial charge in [-0.25, -0.2) is 0 Å². The highest BCUT2D eigenvalue weighted by Crippen LogP contribution is 2.44. The van der Waals surface area contributed by atoms with Gasteiger partial charge in [-0.2, -0.15) is 8.42 Å². The predicted octanol–water partition coefficient (Wildman–Crippen LogP) is 4.20. The van der Waals surface area contributed by atoms with Crippen LogP contribution in [0.25, 0.3) is 5.76 Å². The van der Waals surface area contributed by atoms with Gasteiger partial charge in [0.2, 0.25) is 0 Å². The van der Waals surface area contributed by atoms with Gasteiger partial charge in [-0.05, 0) is 37.1 Å². The van der Waals surface area contributed by atoms with Crippen LogP contribution >= 0.6 is 12.4 Å². The normalized spacial score (nSPS) is 21.4. The number of anilines is 2. The molecule has 1 aliphatic carbocycles. The standard InChI is InChI=1S/C22H23N3O4S.ClH/c1-3-4-11-22(2)15-8-6-5-7-14(15)19(26)18(20(22)27)21-24-16-10-9-13(23)12-17(16)30(28,29)25-21;/h5-10,12,26H,3-4,11,23H2,1-2H3,(H,24,25);1H. The first-order valence-electron chi connectivity index (χ1n) is 9.79. The van der Waals surface area contributed by atoms with E-state index in [-0.39, 0.29) is 51.6 Å². The summed E-state index contributed by atoms with van der Waals surface area (Å²) in [5, 5.41) is 13.9. The molecule has 0 bridgehead atoms. The molecule has 0 saturated carbocycles. The summed E-state index contributed by atoms with van der Waals surface area (Å²) in [5.41, 5.74) is 6.49. The summed E-state index contributed by atoms with van der Waals surface area (Å²) in [4.78, 5) is 13.6. The fraction of sp³-hybridized carbons (Fsp3) is 0.273. The van der Waals surface area contributed by atoms with Crippen molar-refractivity contribution in [1.29, 1.82) is 0 Å². The van der Waals surface area contributed by atoms with Crippen molar-refractivity contribution < 1.29 is 18.3 Å². The molecule has 1 atom stereocenters. The second-order valence-electron chi connectivity index (χ2n) is 7.83. The van der Waals surface area contributed by atoms with Crippen LogP contribution in [0.2, 0.25) is 0 Å². The van der Waals surface area contributed by atoms with Crippen molar-refractivity contribution in [2.75, 3.05) is 11.1 Å².